The lowest BCUT2D eigenvalue weighted by Gasteiger charge is -2.51. The van der Waals surface area contributed by atoms with Gasteiger partial charge in [-0.15, -0.1) is 0 Å². The summed E-state index contributed by atoms with van der Waals surface area (Å²) in [6, 6.07) is 6.46. The van der Waals surface area contributed by atoms with E-state index in [-0.39, 0.29) is 11.1 Å². The minimum Gasteiger partial charge on any atom is -0.489 e. The molecule has 0 unspecified atom stereocenters. The zero-order chi connectivity index (χ0) is 12.8. The molecular formula is C15H23NO. The third-order valence-corrected chi connectivity index (χ3v) is 3.21. The molecule has 0 radical (unpaired) electrons. The molecule has 1 aliphatic heterocycles. The van der Waals surface area contributed by atoms with Crippen LogP contribution in [0.5, 0.6) is 5.75 Å². The molecule has 0 bridgehead atoms. The number of rotatable bonds is 0. The lowest BCUT2D eigenvalue weighted by molar-refractivity contribution is 0.188. The number of hydrogen-bond acceptors (Lipinski definition) is 2. The van der Waals surface area contributed by atoms with Gasteiger partial charge < -0.3 is 9.64 Å². The third-order valence-electron chi connectivity index (χ3n) is 3.21. The fourth-order valence-corrected chi connectivity index (χ4v) is 2.84. The summed E-state index contributed by atoms with van der Waals surface area (Å²) in [6.45, 7) is 14.1. The zero-order valence-electron chi connectivity index (χ0n) is 11.8. The van der Waals surface area contributed by atoms with E-state index in [1.165, 1.54) is 11.3 Å². The summed E-state index contributed by atoms with van der Waals surface area (Å²) >= 11 is 0. The van der Waals surface area contributed by atoms with Crippen molar-refractivity contribution in [1.29, 1.82) is 0 Å². The minimum atomic E-state index is 0.0283. The Morgan fingerprint density at radius 1 is 1.24 bits per heavy atom. The smallest absolute Gasteiger partial charge is 0.143 e. The van der Waals surface area contributed by atoms with Crippen LogP contribution in [-0.2, 0) is 0 Å². The van der Waals surface area contributed by atoms with Crippen LogP contribution in [0.1, 0.15) is 40.2 Å². The van der Waals surface area contributed by atoms with Crippen LogP contribution in [0.3, 0.4) is 0 Å². The summed E-state index contributed by atoms with van der Waals surface area (Å²) in [5.41, 5.74) is 2.58. The molecule has 1 aromatic carbocycles. The molecule has 1 heterocycles. The van der Waals surface area contributed by atoms with E-state index in [4.69, 9.17) is 4.74 Å². The topological polar surface area (TPSA) is 12.5 Å². The Hall–Kier alpha value is -1.18. The first-order valence-corrected chi connectivity index (χ1v) is 6.26. The highest BCUT2D eigenvalue weighted by Gasteiger charge is 2.40. The van der Waals surface area contributed by atoms with Gasteiger partial charge in [-0.3, -0.25) is 0 Å². The number of hydrogen-bond donors (Lipinski definition) is 0. The van der Waals surface area contributed by atoms with Gasteiger partial charge in [0.15, 0.2) is 0 Å². The van der Waals surface area contributed by atoms with Crippen molar-refractivity contribution in [2.24, 2.45) is 0 Å². The molecule has 2 nitrogen and oxygen atoms in total. The molecule has 0 saturated heterocycles. The number of anilines is 1. The monoisotopic (exact) mass is 233 g/mol. The van der Waals surface area contributed by atoms with Crippen molar-refractivity contribution in [1.82, 2.24) is 0 Å². The van der Waals surface area contributed by atoms with Gasteiger partial charge in [0, 0.05) is 5.54 Å². The molecule has 0 amide bonds. The van der Waals surface area contributed by atoms with E-state index in [1.807, 2.05) is 0 Å². The van der Waals surface area contributed by atoms with Crippen LogP contribution in [0.25, 0.3) is 0 Å². The molecular weight excluding hydrogens is 210 g/mol. The highest BCUT2D eigenvalue weighted by atomic mass is 16.5. The summed E-state index contributed by atoms with van der Waals surface area (Å²) < 4.78 is 5.90. The molecule has 0 atom stereocenters. The molecule has 0 aromatic heterocycles. The lowest BCUT2D eigenvalue weighted by Crippen LogP contribution is -2.59. The molecule has 1 aliphatic rings. The lowest BCUT2D eigenvalue weighted by atomic mass is 9.92. The van der Waals surface area contributed by atoms with E-state index in [1.54, 1.807) is 0 Å². The SMILES string of the molecule is Cc1ccc2c(c1)OCC(C)(C)N2C(C)(C)C. The Bertz CT molecular complexity index is 429. The Morgan fingerprint density at radius 2 is 1.88 bits per heavy atom. The first kappa shape index (κ1) is 12.3. The summed E-state index contributed by atoms with van der Waals surface area (Å²) in [7, 11) is 0. The first-order chi connectivity index (χ1) is 7.72. The maximum absolute atomic E-state index is 5.90. The summed E-state index contributed by atoms with van der Waals surface area (Å²) in [5, 5.41) is 0. The predicted molar refractivity (Wildman–Crippen MR) is 73.0 cm³/mol. The molecule has 1 aromatic rings. The van der Waals surface area contributed by atoms with E-state index in [0.29, 0.717) is 0 Å². The third kappa shape index (κ3) is 2.13. The van der Waals surface area contributed by atoms with Crippen LogP contribution < -0.4 is 9.64 Å². The van der Waals surface area contributed by atoms with Gasteiger partial charge in [0.1, 0.15) is 12.4 Å². The first-order valence-electron chi connectivity index (χ1n) is 6.26. The van der Waals surface area contributed by atoms with Gasteiger partial charge in [-0.25, -0.2) is 0 Å². The normalized spacial score (nSPS) is 18.6. The Morgan fingerprint density at radius 3 is 2.47 bits per heavy atom. The number of ether oxygens (including phenoxy) is 1. The molecule has 17 heavy (non-hydrogen) atoms. The van der Waals surface area contributed by atoms with Crippen molar-refractivity contribution < 1.29 is 4.74 Å². The van der Waals surface area contributed by atoms with Crippen molar-refractivity contribution in [3.8, 4) is 5.75 Å². The summed E-state index contributed by atoms with van der Waals surface area (Å²) in [6.07, 6.45) is 0. The van der Waals surface area contributed by atoms with Gasteiger partial charge in [0.2, 0.25) is 0 Å². The summed E-state index contributed by atoms with van der Waals surface area (Å²) in [5.74, 6) is 1.01. The van der Waals surface area contributed by atoms with Crippen LogP contribution in [-0.4, -0.2) is 17.7 Å². The Balaban J connectivity index is 2.56. The Kier molecular flexibility index (Phi) is 2.64. The van der Waals surface area contributed by atoms with Crippen LogP contribution in [0.15, 0.2) is 18.2 Å². The van der Waals surface area contributed by atoms with Crippen LogP contribution in [0.4, 0.5) is 5.69 Å². The van der Waals surface area contributed by atoms with Gasteiger partial charge in [-0.05, 0) is 59.2 Å². The van der Waals surface area contributed by atoms with Crippen molar-refractivity contribution in [3.63, 3.8) is 0 Å². The van der Waals surface area contributed by atoms with Crippen molar-refractivity contribution in [2.75, 3.05) is 11.5 Å². The van der Waals surface area contributed by atoms with E-state index in [0.717, 1.165) is 12.4 Å². The number of benzene rings is 1. The Labute approximate surface area is 105 Å². The highest BCUT2D eigenvalue weighted by molar-refractivity contribution is 5.64. The van der Waals surface area contributed by atoms with Crippen LogP contribution in [0, 0.1) is 6.92 Å². The fraction of sp³-hybridized carbons (Fsp3) is 0.600. The zero-order valence-corrected chi connectivity index (χ0v) is 11.8. The number of nitrogens with zero attached hydrogens (tertiary/aromatic N) is 1. The highest BCUT2D eigenvalue weighted by Crippen LogP contribution is 2.42. The maximum atomic E-state index is 5.90. The molecule has 0 N–H and O–H groups in total. The minimum absolute atomic E-state index is 0.0283. The van der Waals surface area contributed by atoms with Gasteiger partial charge in [-0.1, -0.05) is 6.07 Å². The van der Waals surface area contributed by atoms with Gasteiger partial charge in [-0.2, -0.15) is 0 Å². The molecule has 0 aliphatic carbocycles. The second-order valence-electron chi connectivity index (χ2n) is 6.58. The number of aryl methyl sites for hydroxylation is 1. The predicted octanol–water partition coefficient (Wildman–Crippen LogP) is 3.77. The van der Waals surface area contributed by atoms with Gasteiger partial charge >= 0.3 is 0 Å². The van der Waals surface area contributed by atoms with Crippen molar-refractivity contribution in [3.05, 3.63) is 23.8 Å². The second-order valence-corrected chi connectivity index (χ2v) is 6.58. The maximum Gasteiger partial charge on any atom is 0.143 e. The average molecular weight is 233 g/mol. The van der Waals surface area contributed by atoms with Crippen LogP contribution >= 0.6 is 0 Å². The van der Waals surface area contributed by atoms with E-state index in [9.17, 15) is 0 Å². The van der Waals surface area contributed by atoms with Gasteiger partial charge in [0.25, 0.3) is 0 Å². The molecule has 0 fully saturated rings. The van der Waals surface area contributed by atoms with Crippen LogP contribution in [0.2, 0.25) is 0 Å². The van der Waals surface area contributed by atoms with Crippen molar-refractivity contribution in [2.45, 2.75) is 52.6 Å². The molecule has 2 heteroatoms. The van der Waals surface area contributed by atoms with Crippen molar-refractivity contribution >= 4 is 5.69 Å². The van der Waals surface area contributed by atoms with E-state index in [2.05, 4.69) is 64.6 Å². The summed E-state index contributed by atoms with van der Waals surface area (Å²) in [4.78, 5) is 2.47. The molecule has 94 valence electrons. The van der Waals surface area contributed by atoms with Gasteiger partial charge in [0.05, 0.1) is 11.2 Å². The standard InChI is InChI=1S/C15H23NO/c1-11-7-8-12-13(9-11)17-10-15(5,6)16(12)14(2,3)4/h7-9H,10H2,1-6H3. The largest absolute Gasteiger partial charge is 0.489 e. The average Bonchev–Trinajstić information content (AvgIpc) is 2.15. The molecule has 0 saturated carbocycles. The molecule has 2 rings (SSSR count). The number of fused-ring (bicyclic) bond motifs is 1. The van der Waals surface area contributed by atoms with E-state index >= 15 is 0 Å². The fourth-order valence-electron chi connectivity index (χ4n) is 2.84. The second kappa shape index (κ2) is 3.66. The molecule has 0 spiro atoms. The quantitative estimate of drug-likeness (QED) is 0.676. The van der Waals surface area contributed by atoms with E-state index < -0.39 is 0 Å².